The summed E-state index contributed by atoms with van der Waals surface area (Å²) in [5.74, 6) is 0.181. The van der Waals surface area contributed by atoms with Crippen molar-refractivity contribution in [1.82, 2.24) is 15.2 Å². The van der Waals surface area contributed by atoms with Gasteiger partial charge in [0.15, 0.2) is 6.61 Å². The summed E-state index contributed by atoms with van der Waals surface area (Å²) in [5, 5.41) is 13.0. The lowest BCUT2D eigenvalue weighted by molar-refractivity contribution is -0.123. The molecule has 0 unspecified atom stereocenters. The minimum Gasteiger partial charge on any atom is -0.482 e. The van der Waals surface area contributed by atoms with Crippen molar-refractivity contribution in [1.29, 1.82) is 0 Å². The van der Waals surface area contributed by atoms with Gasteiger partial charge in [-0.2, -0.15) is 0 Å². The van der Waals surface area contributed by atoms with E-state index in [-0.39, 0.29) is 30.9 Å². The first-order valence-electron chi connectivity index (χ1n) is 9.46. The standard InChI is InChI=1S/C20H21N5O3S2/c1-10(2)19-23-24-20(30-19)22-16(26)8-25-14-7-13(18-11(3)29-12(4)21-18)5-6-15(14)28-9-17(25)27/h5-7,10H,8-9H2,1-4H3,(H,22,24,26). The second-order valence-corrected chi connectivity index (χ2v) is 9.65. The van der Waals surface area contributed by atoms with E-state index in [9.17, 15) is 9.59 Å². The molecule has 3 heterocycles. The SMILES string of the molecule is Cc1nc(-c2ccc3c(c2)N(CC(=O)Nc2nnc(C(C)C)s2)C(=O)CO3)c(C)s1. The molecular weight excluding hydrogens is 422 g/mol. The van der Waals surface area contributed by atoms with Gasteiger partial charge in [0.2, 0.25) is 11.0 Å². The first kappa shape index (κ1) is 20.4. The van der Waals surface area contributed by atoms with Crippen LogP contribution >= 0.6 is 22.7 Å². The van der Waals surface area contributed by atoms with Gasteiger partial charge in [-0.3, -0.25) is 19.8 Å². The van der Waals surface area contributed by atoms with Crippen molar-refractivity contribution in [2.45, 2.75) is 33.6 Å². The molecule has 2 aromatic heterocycles. The van der Waals surface area contributed by atoms with E-state index < -0.39 is 0 Å². The number of fused-ring (bicyclic) bond motifs is 1. The Bertz CT molecular complexity index is 1120. The maximum atomic E-state index is 12.6. The lowest BCUT2D eigenvalue weighted by Crippen LogP contribution is -2.43. The summed E-state index contributed by atoms with van der Waals surface area (Å²) in [6.45, 7) is 7.76. The van der Waals surface area contributed by atoms with E-state index in [1.807, 2.05) is 45.9 Å². The lowest BCUT2D eigenvalue weighted by atomic mass is 10.1. The van der Waals surface area contributed by atoms with Gasteiger partial charge in [-0.15, -0.1) is 21.5 Å². The first-order valence-corrected chi connectivity index (χ1v) is 11.1. The number of benzene rings is 1. The average molecular weight is 444 g/mol. The Morgan fingerprint density at radius 1 is 1.27 bits per heavy atom. The van der Waals surface area contributed by atoms with Gasteiger partial charge in [0, 0.05) is 16.4 Å². The van der Waals surface area contributed by atoms with Gasteiger partial charge >= 0.3 is 0 Å². The number of amides is 2. The summed E-state index contributed by atoms with van der Waals surface area (Å²) in [4.78, 5) is 32.3. The molecule has 0 radical (unpaired) electrons. The summed E-state index contributed by atoms with van der Waals surface area (Å²) in [6, 6.07) is 5.59. The number of hydrogen-bond donors (Lipinski definition) is 1. The quantitative estimate of drug-likeness (QED) is 0.645. The number of aryl methyl sites for hydroxylation is 2. The molecule has 10 heteroatoms. The van der Waals surface area contributed by atoms with Crippen LogP contribution in [0.1, 0.15) is 34.7 Å². The van der Waals surface area contributed by atoms with Gasteiger partial charge in [-0.1, -0.05) is 25.2 Å². The van der Waals surface area contributed by atoms with Crippen LogP contribution in [0, 0.1) is 13.8 Å². The largest absolute Gasteiger partial charge is 0.482 e. The molecule has 1 aliphatic heterocycles. The Morgan fingerprint density at radius 2 is 2.07 bits per heavy atom. The van der Waals surface area contributed by atoms with Crippen LogP contribution in [0.3, 0.4) is 0 Å². The van der Waals surface area contributed by atoms with Crippen LogP contribution in [0.5, 0.6) is 5.75 Å². The van der Waals surface area contributed by atoms with Crippen molar-refractivity contribution >= 4 is 45.3 Å². The molecule has 2 amide bonds. The molecule has 1 aromatic carbocycles. The molecule has 156 valence electrons. The van der Waals surface area contributed by atoms with E-state index in [4.69, 9.17) is 4.74 Å². The first-order chi connectivity index (χ1) is 14.3. The minimum atomic E-state index is -0.339. The maximum Gasteiger partial charge on any atom is 0.265 e. The van der Waals surface area contributed by atoms with Crippen molar-refractivity contribution < 1.29 is 14.3 Å². The van der Waals surface area contributed by atoms with Crippen LogP contribution in [0.4, 0.5) is 10.8 Å². The average Bonchev–Trinajstić information content (AvgIpc) is 3.29. The lowest BCUT2D eigenvalue weighted by Gasteiger charge is -2.29. The van der Waals surface area contributed by atoms with Crippen LogP contribution in [-0.4, -0.2) is 40.1 Å². The maximum absolute atomic E-state index is 12.6. The monoisotopic (exact) mass is 443 g/mol. The van der Waals surface area contributed by atoms with Crippen molar-refractivity contribution in [2.75, 3.05) is 23.4 Å². The molecule has 0 saturated carbocycles. The van der Waals surface area contributed by atoms with E-state index in [0.717, 1.165) is 26.1 Å². The molecule has 4 rings (SSSR count). The second kappa shape index (κ2) is 8.11. The van der Waals surface area contributed by atoms with Crippen molar-refractivity contribution in [2.24, 2.45) is 0 Å². The summed E-state index contributed by atoms with van der Waals surface area (Å²) < 4.78 is 5.56. The fourth-order valence-corrected chi connectivity index (χ4v) is 4.74. The third-order valence-electron chi connectivity index (χ3n) is 4.56. The van der Waals surface area contributed by atoms with Crippen LogP contribution in [0.15, 0.2) is 18.2 Å². The van der Waals surface area contributed by atoms with Crippen molar-refractivity contribution in [3.63, 3.8) is 0 Å². The number of nitrogens with zero attached hydrogens (tertiary/aromatic N) is 4. The zero-order valence-electron chi connectivity index (χ0n) is 17.1. The number of anilines is 2. The Morgan fingerprint density at radius 3 is 2.73 bits per heavy atom. The highest BCUT2D eigenvalue weighted by atomic mass is 32.1. The Hall–Kier alpha value is -2.85. The fraction of sp³-hybridized carbons (Fsp3) is 0.350. The van der Waals surface area contributed by atoms with Gasteiger partial charge < -0.3 is 4.74 Å². The molecule has 0 spiro atoms. The van der Waals surface area contributed by atoms with E-state index in [2.05, 4.69) is 20.5 Å². The molecule has 30 heavy (non-hydrogen) atoms. The van der Waals surface area contributed by atoms with Gasteiger partial charge in [0.05, 0.1) is 16.4 Å². The van der Waals surface area contributed by atoms with Crippen molar-refractivity contribution in [3.05, 3.63) is 33.1 Å². The summed E-state index contributed by atoms with van der Waals surface area (Å²) >= 11 is 2.95. The normalized spacial score (nSPS) is 13.4. The van der Waals surface area contributed by atoms with Crippen LogP contribution in [-0.2, 0) is 9.59 Å². The number of thiazole rings is 1. The predicted molar refractivity (Wildman–Crippen MR) is 117 cm³/mol. The number of hydrogen-bond acceptors (Lipinski definition) is 8. The highest BCUT2D eigenvalue weighted by molar-refractivity contribution is 7.15. The summed E-state index contributed by atoms with van der Waals surface area (Å²) in [6.07, 6.45) is 0. The van der Waals surface area contributed by atoms with Crippen molar-refractivity contribution in [3.8, 4) is 17.0 Å². The molecule has 0 fully saturated rings. The number of ether oxygens (including phenoxy) is 1. The van der Waals surface area contributed by atoms with Gasteiger partial charge in [0.1, 0.15) is 17.3 Å². The number of rotatable bonds is 5. The van der Waals surface area contributed by atoms with E-state index in [1.54, 1.807) is 11.3 Å². The molecule has 8 nitrogen and oxygen atoms in total. The molecule has 3 aromatic rings. The highest BCUT2D eigenvalue weighted by Crippen LogP contribution is 2.37. The summed E-state index contributed by atoms with van der Waals surface area (Å²) in [7, 11) is 0. The number of carbonyl (C=O) groups is 2. The van der Waals surface area contributed by atoms with E-state index in [0.29, 0.717) is 16.6 Å². The number of aromatic nitrogens is 3. The van der Waals surface area contributed by atoms with Crippen LogP contribution < -0.4 is 15.0 Å². The third-order valence-corrected chi connectivity index (χ3v) is 6.59. The molecule has 1 N–H and O–H groups in total. The number of carbonyl (C=O) groups excluding carboxylic acids is 2. The Kier molecular flexibility index (Phi) is 5.52. The Balaban J connectivity index is 1.58. The van der Waals surface area contributed by atoms with Crippen LogP contribution in [0.2, 0.25) is 0 Å². The highest BCUT2D eigenvalue weighted by Gasteiger charge is 2.28. The molecule has 0 bridgehead atoms. The predicted octanol–water partition coefficient (Wildman–Crippen LogP) is 3.77. The van der Waals surface area contributed by atoms with Gasteiger partial charge in [-0.05, 0) is 32.0 Å². The smallest absolute Gasteiger partial charge is 0.265 e. The van der Waals surface area contributed by atoms with Gasteiger partial charge in [0.25, 0.3) is 5.91 Å². The molecule has 1 aliphatic rings. The molecule has 0 aliphatic carbocycles. The summed E-state index contributed by atoms with van der Waals surface area (Å²) in [5.41, 5.74) is 2.31. The third kappa shape index (κ3) is 4.05. The minimum absolute atomic E-state index is 0.106. The number of nitrogens with one attached hydrogen (secondary N) is 1. The molecule has 0 saturated heterocycles. The van der Waals surface area contributed by atoms with Crippen LogP contribution in [0.25, 0.3) is 11.3 Å². The van der Waals surface area contributed by atoms with E-state index >= 15 is 0 Å². The Labute approximate surface area is 181 Å². The zero-order valence-corrected chi connectivity index (χ0v) is 18.7. The molecular formula is C20H21N5O3S2. The topological polar surface area (TPSA) is 97.3 Å². The zero-order chi connectivity index (χ0) is 21.4. The van der Waals surface area contributed by atoms with Gasteiger partial charge in [-0.25, -0.2) is 4.98 Å². The molecule has 0 atom stereocenters. The second-order valence-electron chi connectivity index (χ2n) is 7.24. The van der Waals surface area contributed by atoms with E-state index in [1.165, 1.54) is 16.2 Å². The fourth-order valence-electron chi connectivity index (χ4n) is 3.14.